The minimum Gasteiger partial charge on any atom is -0.311 e. The Morgan fingerprint density at radius 1 is 0.222 bits per heavy atom. The summed E-state index contributed by atoms with van der Waals surface area (Å²) >= 11 is 1.86. The second-order valence-corrected chi connectivity index (χ2v) is 19.6. The maximum atomic E-state index is 2.37. The lowest BCUT2D eigenvalue weighted by Crippen LogP contribution is -2.09. The number of thiophene rings is 1. The van der Waals surface area contributed by atoms with Crippen molar-refractivity contribution in [3.8, 4) is 77.9 Å². The number of hydrogen-bond acceptors (Lipinski definition) is 2. The normalized spacial score (nSPS) is 11.3. The van der Waals surface area contributed by atoms with Crippen molar-refractivity contribution in [3.63, 3.8) is 0 Å². The van der Waals surface area contributed by atoms with Crippen LogP contribution < -0.4 is 4.90 Å². The fraction of sp³-hybridized carbons (Fsp3) is 0. The molecule has 0 atom stereocenters. The van der Waals surface area contributed by atoms with E-state index in [0.29, 0.717) is 0 Å². The Labute approximate surface area is 424 Å². The average Bonchev–Trinajstić information content (AvgIpc) is 3.85. The molecule has 13 rings (SSSR count). The second kappa shape index (κ2) is 18.7. The summed E-state index contributed by atoms with van der Waals surface area (Å²) < 4.78 is 2.63. The van der Waals surface area contributed by atoms with Crippen molar-refractivity contribution in [1.29, 1.82) is 0 Å². The van der Waals surface area contributed by atoms with Gasteiger partial charge in [0.25, 0.3) is 0 Å². The summed E-state index contributed by atoms with van der Waals surface area (Å²) in [6.07, 6.45) is 0. The van der Waals surface area contributed by atoms with Gasteiger partial charge in [-0.15, -0.1) is 11.3 Å². The van der Waals surface area contributed by atoms with E-state index in [1.165, 1.54) is 109 Å². The van der Waals surface area contributed by atoms with E-state index in [-0.39, 0.29) is 0 Å². The number of rotatable bonds is 10. The molecule has 0 bridgehead atoms. The predicted octanol–water partition coefficient (Wildman–Crippen LogP) is 20.3. The minimum absolute atomic E-state index is 1.09. The zero-order chi connectivity index (χ0) is 47.8. The molecule has 1 heterocycles. The Morgan fingerprint density at radius 2 is 0.597 bits per heavy atom. The van der Waals surface area contributed by atoms with Crippen molar-refractivity contribution in [2.24, 2.45) is 0 Å². The number of hydrogen-bond donors (Lipinski definition) is 0. The maximum absolute atomic E-state index is 2.37. The summed E-state index contributed by atoms with van der Waals surface area (Å²) in [5, 5.41) is 5.15. The lowest BCUT2D eigenvalue weighted by molar-refractivity contribution is 1.28. The highest BCUT2D eigenvalue weighted by atomic mass is 32.1. The lowest BCUT2D eigenvalue weighted by Gasteiger charge is -2.26. The van der Waals surface area contributed by atoms with E-state index in [9.17, 15) is 0 Å². The van der Waals surface area contributed by atoms with E-state index >= 15 is 0 Å². The van der Waals surface area contributed by atoms with Crippen molar-refractivity contribution in [2.75, 3.05) is 4.90 Å². The third-order valence-electron chi connectivity index (χ3n) is 14.1. The zero-order valence-electron chi connectivity index (χ0n) is 39.5. The van der Waals surface area contributed by atoms with Gasteiger partial charge < -0.3 is 4.90 Å². The van der Waals surface area contributed by atoms with Gasteiger partial charge in [0, 0.05) is 37.2 Å². The van der Waals surface area contributed by atoms with E-state index < -0.39 is 0 Å². The molecule has 0 spiro atoms. The van der Waals surface area contributed by atoms with Crippen LogP contribution in [0, 0.1) is 0 Å². The molecular weight excluding hydrogens is 887 g/mol. The average molecular weight is 934 g/mol. The standard InChI is InChI=1S/C70H47NS/c1-3-13-48(14-4-1)60-45-61(49-15-5-2-6-16-49)47-62(46-60)54-33-39-64(40-34-54)71(65-41-35-55(36-42-65)66-22-12-24-69-70(66)67-21-9-10-23-68(67)72-69)63-37-31-52(32-38-63)51-25-27-53(28-26-51)57-19-11-20-58(43-57)59-30-29-50-17-7-8-18-56(50)44-59/h1-47H. The Morgan fingerprint density at radius 3 is 1.19 bits per heavy atom. The molecular formula is C70H47NS. The first-order chi connectivity index (χ1) is 35.6. The molecule has 0 amide bonds. The Hall–Kier alpha value is -9.08. The van der Waals surface area contributed by atoms with Crippen LogP contribution in [0.15, 0.2) is 285 Å². The highest BCUT2D eigenvalue weighted by molar-refractivity contribution is 7.25. The first-order valence-corrected chi connectivity index (χ1v) is 25.4. The summed E-state index contributed by atoms with van der Waals surface area (Å²) in [5.74, 6) is 0. The summed E-state index contributed by atoms with van der Waals surface area (Å²) in [6, 6.07) is 104. The SMILES string of the molecule is c1ccc(-c2cc(-c3ccccc3)cc(-c3ccc(N(c4ccc(-c5ccc(-c6cccc(-c7ccc8ccccc8c7)c6)cc5)cc4)c4ccc(-c5cccc6sc7ccccc7c56)cc4)cc3)c2)cc1. The van der Waals surface area contributed by atoms with Crippen molar-refractivity contribution in [1.82, 2.24) is 0 Å². The highest BCUT2D eigenvalue weighted by Crippen LogP contribution is 2.43. The van der Waals surface area contributed by atoms with Gasteiger partial charge in [-0.3, -0.25) is 0 Å². The molecule has 12 aromatic carbocycles. The van der Waals surface area contributed by atoms with Gasteiger partial charge in [0.2, 0.25) is 0 Å². The van der Waals surface area contributed by atoms with Crippen molar-refractivity contribution < 1.29 is 0 Å². The van der Waals surface area contributed by atoms with Crippen LogP contribution in [0.2, 0.25) is 0 Å². The Bertz CT molecular complexity index is 3980. The Balaban J connectivity index is 0.841. The monoisotopic (exact) mass is 933 g/mol. The van der Waals surface area contributed by atoms with Gasteiger partial charge in [-0.25, -0.2) is 0 Å². The van der Waals surface area contributed by atoms with Crippen LogP contribution in [0.25, 0.3) is 109 Å². The summed E-state index contributed by atoms with van der Waals surface area (Å²) in [4.78, 5) is 2.37. The van der Waals surface area contributed by atoms with Crippen LogP contribution >= 0.6 is 11.3 Å². The zero-order valence-corrected chi connectivity index (χ0v) is 40.3. The van der Waals surface area contributed by atoms with Gasteiger partial charge in [-0.2, -0.15) is 0 Å². The van der Waals surface area contributed by atoms with Crippen molar-refractivity contribution in [3.05, 3.63) is 285 Å². The molecule has 0 aliphatic heterocycles. The van der Waals surface area contributed by atoms with Crippen molar-refractivity contribution in [2.45, 2.75) is 0 Å². The molecule has 13 aromatic rings. The predicted molar refractivity (Wildman–Crippen MR) is 310 cm³/mol. The van der Waals surface area contributed by atoms with Gasteiger partial charge in [0.15, 0.2) is 0 Å². The lowest BCUT2D eigenvalue weighted by atomic mass is 9.93. The van der Waals surface area contributed by atoms with Gasteiger partial charge >= 0.3 is 0 Å². The van der Waals surface area contributed by atoms with Gasteiger partial charge in [-0.05, 0) is 168 Å². The van der Waals surface area contributed by atoms with Crippen molar-refractivity contribution >= 4 is 59.3 Å². The molecule has 0 saturated heterocycles. The van der Waals surface area contributed by atoms with Crippen LogP contribution in [0.1, 0.15) is 0 Å². The Kier molecular flexibility index (Phi) is 11.1. The molecule has 0 fully saturated rings. The minimum atomic E-state index is 1.09. The van der Waals surface area contributed by atoms with Crippen LogP contribution in [0.4, 0.5) is 17.1 Å². The topological polar surface area (TPSA) is 3.24 Å². The highest BCUT2D eigenvalue weighted by Gasteiger charge is 2.17. The van der Waals surface area contributed by atoms with Crippen LogP contribution in [-0.2, 0) is 0 Å². The molecule has 1 nitrogen and oxygen atoms in total. The first-order valence-electron chi connectivity index (χ1n) is 24.6. The molecule has 0 aliphatic carbocycles. The largest absolute Gasteiger partial charge is 0.311 e. The molecule has 1 aromatic heterocycles. The molecule has 0 radical (unpaired) electrons. The number of anilines is 3. The van der Waals surface area contributed by atoms with E-state index in [4.69, 9.17) is 0 Å². The van der Waals surface area contributed by atoms with E-state index in [1.807, 2.05) is 11.3 Å². The third-order valence-corrected chi connectivity index (χ3v) is 15.2. The molecule has 0 N–H and O–H groups in total. The van der Waals surface area contributed by atoms with E-state index in [0.717, 1.165) is 17.1 Å². The number of benzene rings is 12. The van der Waals surface area contributed by atoms with Crippen LogP contribution in [0.5, 0.6) is 0 Å². The van der Waals surface area contributed by atoms with E-state index in [1.54, 1.807) is 0 Å². The van der Waals surface area contributed by atoms with Gasteiger partial charge in [0.05, 0.1) is 0 Å². The van der Waals surface area contributed by atoms with Gasteiger partial charge in [-0.1, -0.05) is 206 Å². The first kappa shape index (κ1) is 43.0. The number of nitrogens with zero attached hydrogens (tertiary/aromatic N) is 1. The molecule has 0 saturated carbocycles. The van der Waals surface area contributed by atoms with Crippen LogP contribution in [0.3, 0.4) is 0 Å². The summed E-state index contributed by atoms with van der Waals surface area (Å²) in [6.45, 7) is 0. The fourth-order valence-corrected chi connectivity index (χ4v) is 11.5. The number of fused-ring (bicyclic) bond motifs is 4. The molecule has 72 heavy (non-hydrogen) atoms. The third kappa shape index (κ3) is 8.34. The smallest absolute Gasteiger partial charge is 0.0462 e. The molecule has 2 heteroatoms. The van der Waals surface area contributed by atoms with Gasteiger partial charge in [0.1, 0.15) is 0 Å². The molecule has 0 aliphatic rings. The summed E-state index contributed by atoms with van der Waals surface area (Å²) in [7, 11) is 0. The molecule has 338 valence electrons. The van der Waals surface area contributed by atoms with Crippen LogP contribution in [-0.4, -0.2) is 0 Å². The summed E-state index contributed by atoms with van der Waals surface area (Å²) in [5.41, 5.74) is 20.1. The fourth-order valence-electron chi connectivity index (χ4n) is 10.3. The van der Waals surface area contributed by atoms with E-state index in [2.05, 4.69) is 290 Å². The maximum Gasteiger partial charge on any atom is 0.0462 e. The second-order valence-electron chi connectivity index (χ2n) is 18.5. The molecule has 0 unspecified atom stereocenters. The quantitative estimate of drug-likeness (QED) is 0.132.